The fourth-order valence-electron chi connectivity index (χ4n) is 1.23. The van der Waals surface area contributed by atoms with Gasteiger partial charge in [0.1, 0.15) is 5.78 Å². The molecule has 0 saturated heterocycles. The van der Waals surface area contributed by atoms with Crippen molar-refractivity contribution in [3.05, 3.63) is 0 Å². The Morgan fingerprint density at radius 3 is 1.75 bits per heavy atom. The summed E-state index contributed by atoms with van der Waals surface area (Å²) in [5.41, 5.74) is -0.0686. The van der Waals surface area contributed by atoms with Gasteiger partial charge in [-0.15, -0.1) is 0 Å². The van der Waals surface area contributed by atoms with Gasteiger partial charge in [-0.25, -0.2) is 0 Å². The predicted molar refractivity (Wildman–Crippen MR) is 51.0 cm³/mol. The van der Waals surface area contributed by atoms with Crippen molar-refractivity contribution in [2.75, 3.05) is 0 Å². The molecule has 1 aliphatic rings. The van der Waals surface area contributed by atoms with E-state index in [-0.39, 0.29) is 10.8 Å². The van der Waals surface area contributed by atoms with Gasteiger partial charge in [-0.1, -0.05) is 34.6 Å². The highest BCUT2D eigenvalue weighted by atomic mass is 16.1. The molecule has 1 aliphatic carbocycles. The van der Waals surface area contributed by atoms with Crippen molar-refractivity contribution in [2.45, 2.75) is 47.5 Å². The summed E-state index contributed by atoms with van der Waals surface area (Å²) >= 11 is 0. The number of hydrogen-bond acceptors (Lipinski definition) is 1. The van der Waals surface area contributed by atoms with Crippen LogP contribution < -0.4 is 0 Å². The maximum atomic E-state index is 11.9. The molecule has 0 aliphatic heterocycles. The van der Waals surface area contributed by atoms with Crippen LogP contribution in [0.1, 0.15) is 47.5 Å². The van der Waals surface area contributed by atoms with Crippen LogP contribution in [0.2, 0.25) is 0 Å². The van der Waals surface area contributed by atoms with Gasteiger partial charge in [0, 0.05) is 11.3 Å². The van der Waals surface area contributed by atoms with Crippen LogP contribution in [0.3, 0.4) is 0 Å². The number of ketones is 1. The van der Waals surface area contributed by atoms with E-state index in [0.717, 1.165) is 12.8 Å². The molecule has 0 bridgehead atoms. The molecule has 12 heavy (non-hydrogen) atoms. The molecule has 0 aromatic heterocycles. The molecule has 0 radical (unpaired) electrons. The zero-order valence-corrected chi connectivity index (χ0v) is 8.90. The summed E-state index contributed by atoms with van der Waals surface area (Å²) in [4.78, 5) is 11.9. The summed E-state index contributed by atoms with van der Waals surface area (Å²) in [7, 11) is 0. The number of carbonyl (C=O) groups is 1. The molecule has 1 rings (SSSR count). The summed E-state index contributed by atoms with van der Waals surface area (Å²) in [6.07, 6.45) is 2.25. The first-order valence-electron chi connectivity index (χ1n) is 4.81. The van der Waals surface area contributed by atoms with Gasteiger partial charge in [0.25, 0.3) is 0 Å². The SMILES string of the molecule is CC(C)(C)C(C)(C)C(=O)C1CC1. The second-order valence-electron chi connectivity index (χ2n) is 5.51. The second-order valence-corrected chi connectivity index (χ2v) is 5.51. The lowest BCUT2D eigenvalue weighted by atomic mass is 9.66. The molecule has 0 aromatic rings. The van der Waals surface area contributed by atoms with E-state index in [9.17, 15) is 4.79 Å². The molecule has 0 heterocycles. The number of Topliss-reactive ketones (excluding diaryl/α,β-unsaturated/α-hetero) is 1. The van der Waals surface area contributed by atoms with Crippen molar-refractivity contribution in [3.8, 4) is 0 Å². The highest BCUT2D eigenvalue weighted by Gasteiger charge is 2.45. The van der Waals surface area contributed by atoms with Crippen molar-refractivity contribution in [2.24, 2.45) is 16.7 Å². The fraction of sp³-hybridized carbons (Fsp3) is 0.909. The lowest BCUT2D eigenvalue weighted by Gasteiger charge is -2.37. The largest absolute Gasteiger partial charge is 0.299 e. The Labute approximate surface area is 75.5 Å². The first-order chi connectivity index (χ1) is 5.27. The van der Waals surface area contributed by atoms with Crippen LogP contribution >= 0.6 is 0 Å². The molecule has 0 unspecified atom stereocenters. The van der Waals surface area contributed by atoms with Gasteiger partial charge in [0.15, 0.2) is 0 Å². The maximum absolute atomic E-state index is 11.9. The van der Waals surface area contributed by atoms with Crippen molar-refractivity contribution in [1.82, 2.24) is 0 Å². The zero-order chi connectivity index (χ0) is 9.57. The van der Waals surface area contributed by atoms with Crippen LogP contribution in [0.25, 0.3) is 0 Å². The van der Waals surface area contributed by atoms with Gasteiger partial charge in [-0.3, -0.25) is 4.79 Å². The first-order valence-corrected chi connectivity index (χ1v) is 4.81. The summed E-state index contributed by atoms with van der Waals surface area (Å²) in [5.74, 6) is 0.856. The van der Waals surface area contributed by atoms with Crippen LogP contribution in [0.4, 0.5) is 0 Å². The zero-order valence-electron chi connectivity index (χ0n) is 8.90. The minimum atomic E-state index is -0.159. The highest BCUT2D eigenvalue weighted by molar-refractivity contribution is 5.88. The average Bonchev–Trinajstić information content (AvgIpc) is 2.64. The second kappa shape index (κ2) is 2.58. The van der Waals surface area contributed by atoms with Crippen molar-refractivity contribution in [3.63, 3.8) is 0 Å². The minimum Gasteiger partial charge on any atom is -0.299 e. The van der Waals surface area contributed by atoms with Crippen LogP contribution in [0, 0.1) is 16.7 Å². The monoisotopic (exact) mass is 168 g/mol. The molecular formula is C11H20O. The van der Waals surface area contributed by atoms with Crippen LogP contribution in [-0.2, 0) is 4.79 Å². The molecule has 0 atom stereocenters. The average molecular weight is 168 g/mol. The van der Waals surface area contributed by atoms with E-state index >= 15 is 0 Å². The van der Waals surface area contributed by atoms with E-state index in [1.165, 1.54) is 0 Å². The molecule has 1 nitrogen and oxygen atoms in total. The molecule has 1 fully saturated rings. The van der Waals surface area contributed by atoms with E-state index in [0.29, 0.717) is 11.7 Å². The maximum Gasteiger partial charge on any atom is 0.142 e. The van der Waals surface area contributed by atoms with Crippen LogP contribution in [0.5, 0.6) is 0 Å². The molecule has 70 valence electrons. The van der Waals surface area contributed by atoms with E-state index < -0.39 is 0 Å². The highest BCUT2D eigenvalue weighted by Crippen LogP contribution is 2.45. The minimum absolute atomic E-state index is 0.0900. The third-order valence-electron chi connectivity index (χ3n) is 3.44. The Kier molecular flexibility index (Phi) is 2.10. The third-order valence-corrected chi connectivity index (χ3v) is 3.44. The molecule has 0 amide bonds. The number of carbonyl (C=O) groups excluding carboxylic acids is 1. The van der Waals surface area contributed by atoms with Gasteiger partial charge in [-0.2, -0.15) is 0 Å². The van der Waals surface area contributed by atoms with Gasteiger partial charge in [0.2, 0.25) is 0 Å². The smallest absolute Gasteiger partial charge is 0.142 e. The molecule has 0 N–H and O–H groups in total. The first kappa shape index (κ1) is 9.76. The summed E-state index contributed by atoms with van der Waals surface area (Å²) in [5, 5.41) is 0. The van der Waals surface area contributed by atoms with E-state index in [4.69, 9.17) is 0 Å². The van der Waals surface area contributed by atoms with Crippen molar-refractivity contribution < 1.29 is 4.79 Å². The number of hydrogen-bond donors (Lipinski definition) is 0. The number of rotatable bonds is 2. The normalized spacial score (nSPS) is 19.4. The Hall–Kier alpha value is -0.330. The molecule has 0 aromatic carbocycles. The molecule has 1 heteroatoms. The lowest BCUT2D eigenvalue weighted by molar-refractivity contribution is -0.133. The standard InChI is InChI=1S/C11H20O/c1-10(2,3)11(4,5)9(12)8-6-7-8/h8H,6-7H2,1-5H3. The quantitative estimate of drug-likeness (QED) is 0.619. The third kappa shape index (κ3) is 1.55. The molecular weight excluding hydrogens is 148 g/mol. The van der Waals surface area contributed by atoms with Crippen LogP contribution in [0.15, 0.2) is 0 Å². The Balaban J connectivity index is 2.76. The Morgan fingerprint density at radius 1 is 1.08 bits per heavy atom. The van der Waals surface area contributed by atoms with Crippen LogP contribution in [-0.4, -0.2) is 5.78 Å². The fourth-order valence-corrected chi connectivity index (χ4v) is 1.23. The molecule has 1 saturated carbocycles. The lowest BCUT2D eigenvalue weighted by Crippen LogP contribution is -2.38. The van der Waals surface area contributed by atoms with Gasteiger partial charge >= 0.3 is 0 Å². The predicted octanol–water partition coefficient (Wildman–Crippen LogP) is 3.04. The van der Waals surface area contributed by atoms with E-state index in [1.54, 1.807) is 0 Å². The summed E-state index contributed by atoms with van der Waals surface area (Å²) in [6, 6.07) is 0. The van der Waals surface area contributed by atoms with Gasteiger partial charge < -0.3 is 0 Å². The van der Waals surface area contributed by atoms with E-state index in [1.807, 2.05) is 0 Å². The van der Waals surface area contributed by atoms with Gasteiger partial charge in [-0.05, 0) is 18.3 Å². The molecule has 0 spiro atoms. The van der Waals surface area contributed by atoms with Gasteiger partial charge in [0.05, 0.1) is 0 Å². The summed E-state index contributed by atoms with van der Waals surface area (Å²) in [6.45, 7) is 10.6. The Morgan fingerprint density at radius 2 is 1.50 bits per heavy atom. The Bertz CT molecular complexity index is 192. The van der Waals surface area contributed by atoms with Crippen molar-refractivity contribution in [1.29, 1.82) is 0 Å². The van der Waals surface area contributed by atoms with E-state index in [2.05, 4.69) is 34.6 Å². The topological polar surface area (TPSA) is 17.1 Å². The van der Waals surface area contributed by atoms with Crippen molar-refractivity contribution >= 4 is 5.78 Å². The summed E-state index contributed by atoms with van der Waals surface area (Å²) < 4.78 is 0.